The zero-order chi connectivity index (χ0) is 18.9. The van der Waals surface area contributed by atoms with E-state index in [1.165, 1.54) is 36.4 Å². The Morgan fingerprint density at radius 3 is 1.89 bits per heavy atom. The van der Waals surface area contributed by atoms with Crippen molar-refractivity contribution in [3.8, 4) is 34.5 Å². The van der Waals surface area contributed by atoms with Gasteiger partial charge in [0.1, 0.15) is 28.6 Å². The molecule has 3 aromatic rings. The van der Waals surface area contributed by atoms with Crippen LogP contribution < -0.4 is 4.74 Å². The average Bonchev–Trinajstić information content (AvgIpc) is 2.91. The van der Waals surface area contributed by atoms with Crippen molar-refractivity contribution in [2.24, 2.45) is 0 Å². The predicted molar refractivity (Wildman–Crippen MR) is 91.4 cm³/mol. The van der Waals surface area contributed by atoms with Crippen LogP contribution in [0.3, 0.4) is 0 Å². The van der Waals surface area contributed by atoms with Gasteiger partial charge in [0.05, 0.1) is 0 Å². The summed E-state index contributed by atoms with van der Waals surface area (Å²) >= 11 is 0. The Labute approximate surface area is 152 Å². The van der Waals surface area contributed by atoms with Crippen molar-refractivity contribution in [3.05, 3.63) is 70.8 Å². The molecule has 2 heterocycles. The fourth-order valence-corrected chi connectivity index (χ4v) is 3.76. The van der Waals surface area contributed by atoms with E-state index in [0.717, 1.165) is 0 Å². The van der Waals surface area contributed by atoms with Crippen LogP contribution in [0, 0.1) is 0 Å². The molecule has 1 spiro atoms. The van der Waals surface area contributed by atoms with Crippen molar-refractivity contribution < 1.29 is 34.7 Å². The third kappa shape index (κ3) is 1.82. The summed E-state index contributed by atoms with van der Waals surface area (Å²) in [5.41, 5.74) is -0.395. The van der Waals surface area contributed by atoms with Gasteiger partial charge < -0.3 is 29.9 Å². The Bertz CT molecular complexity index is 1100. The summed E-state index contributed by atoms with van der Waals surface area (Å²) in [6.07, 6.45) is 0. The normalized spacial score (nSPS) is 15.5. The number of carbonyl (C=O) groups excluding carboxylic acids is 1. The second kappa shape index (κ2) is 4.85. The molecule has 0 saturated carbocycles. The Morgan fingerprint density at radius 2 is 1.30 bits per heavy atom. The molecule has 0 unspecified atom stereocenters. The van der Waals surface area contributed by atoms with Crippen molar-refractivity contribution in [3.63, 3.8) is 0 Å². The summed E-state index contributed by atoms with van der Waals surface area (Å²) in [4.78, 5) is 12.6. The molecule has 27 heavy (non-hydrogen) atoms. The Hall–Kier alpha value is -3.87. The van der Waals surface area contributed by atoms with Crippen molar-refractivity contribution in [2.45, 2.75) is 5.60 Å². The molecule has 0 amide bonds. The quantitative estimate of drug-likeness (QED) is 0.358. The first-order chi connectivity index (χ1) is 12.9. The van der Waals surface area contributed by atoms with Crippen LogP contribution >= 0.6 is 0 Å². The number of ether oxygens (including phenoxy) is 2. The van der Waals surface area contributed by atoms with Crippen LogP contribution in [-0.2, 0) is 10.3 Å². The maximum Gasteiger partial charge on any atom is 0.344 e. The summed E-state index contributed by atoms with van der Waals surface area (Å²) < 4.78 is 11.6. The topological polar surface area (TPSA) is 116 Å². The summed E-state index contributed by atoms with van der Waals surface area (Å²) in [7, 11) is 0. The summed E-state index contributed by atoms with van der Waals surface area (Å²) in [5, 5.41) is 39.7. The third-order valence-electron chi connectivity index (χ3n) is 4.89. The van der Waals surface area contributed by atoms with E-state index >= 15 is 0 Å². The fraction of sp³-hybridized carbons (Fsp3) is 0.0500. The molecule has 0 saturated heterocycles. The van der Waals surface area contributed by atoms with Crippen LogP contribution in [0.2, 0.25) is 0 Å². The van der Waals surface area contributed by atoms with Crippen LogP contribution in [0.1, 0.15) is 27.0 Å². The first-order valence-electron chi connectivity index (χ1n) is 8.05. The van der Waals surface area contributed by atoms with Crippen LogP contribution in [0.5, 0.6) is 34.5 Å². The van der Waals surface area contributed by atoms with Crippen molar-refractivity contribution in [1.82, 2.24) is 0 Å². The average molecular weight is 364 g/mol. The number of phenols is 4. The van der Waals surface area contributed by atoms with Gasteiger partial charge in [0.2, 0.25) is 0 Å². The van der Waals surface area contributed by atoms with Gasteiger partial charge in [-0.25, -0.2) is 4.79 Å². The maximum atomic E-state index is 12.6. The molecule has 2 aliphatic heterocycles. The molecule has 134 valence electrons. The van der Waals surface area contributed by atoms with Gasteiger partial charge in [-0.2, -0.15) is 0 Å². The van der Waals surface area contributed by atoms with E-state index in [-0.39, 0.29) is 28.6 Å². The van der Waals surface area contributed by atoms with Gasteiger partial charge >= 0.3 is 5.97 Å². The van der Waals surface area contributed by atoms with Gasteiger partial charge in [-0.15, -0.1) is 0 Å². The Balaban J connectivity index is 1.92. The van der Waals surface area contributed by atoms with E-state index in [1.807, 2.05) is 0 Å². The molecular weight excluding hydrogens is 352 g/mol. The second-order valence-electron chi connectivity index (χ2n) is 6.39. The first-order valence-corrected chi connectivity index (χ1v) is 8.05. The van der Waals surface area contributed by atoms with E-state index in [2.05, 4.69) is 0 Å². The lowest BCUT2D eigenvalue weighted by molar-refractivity contribution is 0.0223. The van der Waals surface area contributed by atoms with Gasteiger partial charge in [0.25, 0.3) is 0 Å². The van der Waals surface area contributed by atoms with Gasteiger partial charge in [-0.05, 0) is 36.4 Å². The van der Waals surface area contributed by atoms with Gasteiger partial charge in [-0.3, -0.25) is 0 Å². The molecule has 3 aromatic carbocycles. The smallest absolute Gasteiger partial charge is 0.344 e. The van der Waals surface area contributed by atoms with Crippen molar-refractivity contribution in [1.29, 1.82) is 0 Å². The second-order valence-corrected chi connectivity index (χ2v) is 6.39. The number of fused-ring (bicyclic) bond motifs is 6. The minimum absolute atomic E-state index is 0.0504. The molecule has 0 atom stereocenters. The van der Waals surface area contributed by atoms with Gasteiger partial charge in [0, 0.05) is 28.8 Å². The first kappa shape index (κ1) is 15.4. The van der Waals surface area contributed by atoms with Crippen LogP contribution in [0.25, 0.3) is 0 Å². The lowest BCUT2D eigenvalue weighted by atomic mass is 9.77. The number of carbonyl (C=O) groups is 1. The number of hydrogen-bond acceptors (Lipinski definition) is 7. The number of hydrogen-bond donors (Lipinski definition) is 4. The minimum atomic E-state index is -1.46. The van der Waals surface area contributed by atoms with Crippen molar-refractivity contribution >= 4 is 5.97 Å². The molecule has 4 N–H and O–H groups in total. The van der Waals surface area contributed by atoms with E-state index in [4.69, 9.17) is 9.47 Å². The highest BCUT2D eigenvalue weighted by molar-refractivity contribution is 6.00. The van der Waals surface area contributed by atoms with Crippen LogP contribution in [0.15, 0.2) is 48.5 Å². The van der Waals surface area contributed by atoms with E-state index < -0.39 is 23.1 Å². The predicted octanol–water partition coefficient (Wildman–Crippen LogP) is 3.08. The monoisotopic (exact) mass is 364 g/mol. The van der Waals surface area contributed by atoms with Crippen LogP contribution in [-0.4, -0.2) is 26.4 Å². The van der Waals surface area contributed by atoms with E-state index in [0.29, 0.717) is 16.7 Å². The molecule has 0 fully saturated rings. The standard InChI is InChI=1S/C20H12O7/c21-9-1-3-11-15(7-9)26-16-8-10(22)2-4-12(16)20(11)13-5-6-14(23)18(24)17(13)19(25)27-20/h1-8,21-24H. The number of rotatable bonds is 0. The largest absolute Gasteiger partial charge is 0.508 e. The molecule has 0 aromatic heterocycles. The lowest BCUT2D eigenvalue weighted by Crippen LogP contribution is -2.32. The molecule has 7 heteroatoms. The number of aromatic hydroxyl groups is 4. The summed E-state index contributed by atoms with van der Waals surface area (Å²) in [6.45, 7) is 0. The number of benzene rings is 3. The Kier molecular flexibility index (Phi) is 2.77. The summed E-state index contributed by atoms with van der Waals surface area (Å²) in [6, 6.07) is 11.5. The van der Waals surface area contributed by atoms with Crippen LogP contribution in [0.4, 0.5) is 0 Å². The van der Waals surface area contributed by atoms with Gasteiger partial charge in [0.15, 0.2) is 17.1 Å². The van der Waals surface area contributed by atoms with E-state index in [9.17, 15) is 25.2 Å². The number of esters is 1. The molecule has 7 nitrogen and oxygen atoms in total. The highest BCUT2D eigenvalue weighted by atomic mass is 16.6. The fourth-order valence-electron chi connectivity index (χ4n) is 3.76. The molecule has 2 aliphatic rings. The molecule has 0 aliphatic carbocycles. The number of phenolic OH excluding ortho intramolecular Hbond substituents is 4. The summed E-state index contributed by atoms with van der Waals surface area (Å²) in [5.74, 6) is -1.44. The zero-order valence-corrected chi connectivity index (χ0v) is 13.6. The zero-order valence-electron chi connectivity index (χ0n) is 13.6. The minimum Gasteiger partial charge on any atom is -0.508 e. The molecular formula is C20H12O7. The molecule has 5 rings (SSSR count). The highest BCUT2D eigenvalue weighted by Crippen LogP contribution is 2.58. The maximum absolute atomic E-state index is 12.6. The lowest BCUT2D eigenvalue weighted by Gasteiger charge is -2.36. The van der Waals surface area contributed by atoms with Gasteiger partial charge in [-0.1, -0.05) is 0 Å². The third-order valence-corrected chi connectivity index (χ3v) is 4.89. The molecule has 0 bridgehead atoms. The highest BCUT2D eigenvalue weighted by Gasteiger charge is 2.54. The Morgan fingerprint density at radius 1 is 0.741 bits per heavy atom. The SMILES string of the molecule is O=C1OC2(c3ccc(O)cc3Oc3cc(O)ccc32)c2ccc(O)c(O)c21. The molecule has 0 radical (unpaired) electrons. The van der Waals surface area contributed by atoms with E-state index in [1.54, 1.807) is 12.1 Å². The van der Waals surface area contributed by atoms with Crippen molar-refractivity contribution in [2.75, 3.05) is 0 Å².